The number of carbonyl (C=O) groups is 1. The van der Waals surface area contributed by atoms with E-state index >= 15 is 0 Å². The first kappa shape index (κ1) is 14.6. The standard InChI is InChI=1S/C16H19ClN2O2/c1-18-13-5-3-2-4-12(13)15(17)16(18)14(20)6-7-19-8-10-21-11-9-19/h2-5H,6-11H2,1H3. The van der Waals surface area contributed by atoms with Gasteiger partial charge >= 0.3 is 0 Å². The molecule has 0 saturated carbocycles. The Hall–Kier alpha value is -1.36. The maximum absolute atomic E-state index is 12.5. The average Bonchev–Trinajstić information content (AvgIpc) is 2.78. The number of Topliss-reactive ketones (excluding diaryl/α,β-unsaturated/α-hetero) is 1. The number of ketones is 1. The maximum Gasteiger partial charge on any atom is 0.182 e. The summed E-state index contributed by atoms with van der Waals surface area (Å²) < 4.78 is 7.22. The topological polar surface area (TPSA) is 34.5 Å². The Kier molecular flexibility index (Phi) is 4.29. The van der Waals surface area contributed by atoms with E-state index in [1.54, 1.807) is 0 Å². The molecule has 0 atom stereocenters. The zero-order valence-corrected chi connectivity index (χ0v) is 12.9. The van der Waals surface area contributed by atoms with Gasteiger partial charge in [-0.3, -0.25) is 9.69 Å². The van der Waals surface area contributed by atoms with Gasteiger partial charge in [-0.15, -0.1) is 0 Å². The predicted octanol–water partition coefficient (Wildman–Crippen LogP) is 2.74. The van der Waals surface area contributed by atoms with Gasteiger partial charge in [0.2, 0.25) is 0 Å². The van der Waals surface area contributed by atoms with Crippen molar-refractivity contribution in [1.82, 2.24) is 9.47 Å². The molecule has 1 aromatic heterocycles. The number of nitrogens with zero attached hydrogens (tertiary/aromatic N) is 2. The van der Waals surface area contributed by atoms with Gasteiger partial charge in [0, 0.05) is 44.0 Å². The molecule has 1 fully saturated rings. The van der Waals surface area contributed by atoms with Crippen LogP contribution in [0.25, 0.3) is 10.9 Å². The minimum atomic E-state index is 0.102. The van der Waals surface area contributed by atoms with Crippen LogP contribution in [0, 0.1) is 0 Å². The van der Waals surface area contributed by atoms with Crippen LogP contribution in [0.1, 0.15) is 16.9 Å². The van der Waals surface area contributed by atoms with E-state index in [9.17, 15) is 4.79 Å². The third kappa shape index (κ3) is 2.84. The minimum absolute atomic E-state index is 0.102. The minimum Gasteiger partial charge on any atom is -0.379 e. The number of ether oxygens (including phenoxy) is 1. The first-order chi connectivity index (χ1) is 10.2. The molecule has 0 bridgehead atoms. The smallest absolute Gasteiger partial charge is 0.182 e. The van der Waals surface area contributed by atoms with Crippen molar-refractivity contribution in [2.45, 2.75) is 6.42 Å². The lowest BCUT2D eigenvalue weighted by molar-refractivity contribution is 0.0369. The second-order valence-electron chi connectivity index (χ2n) is 5.37. The molecule has 5 heteroatoms. The van der Waals surface area contributed by atoms with Crippen LogP contribution in [-0.4, -0.2) is 48.1 Å². The molecule has 4 nitrogen and oxygen atoms in total. The largest absolute Gasteiger partial charge is 0.379 e. The molecule has 1 saturated heterocycles. The fraction of sp³-hybridized carbons (Fsp3) is 0.438. The van der Waals surface area contributed by atoms with Gasteiger partial charge in [-0.25, -0.2) is 0 Å². The molecule has 0 N–H and O–H groups in total. The van der Waals surface area contributed by atoms with Crippen LogP contribution in [0.5, 0.6) is 0 Å². The van der Waals surface area contributed by atoms with Crippen molar-refractivity contribution in [2.75, 3.05) is 32.8 Å². The van der Waals surface area contributed by atoms with Gasteiger partial charge in [-0.1, -0.05) is 29.8 Å². The molecule has 0 spiro atoms. The van der Waals surface area contributed by atoms with Crippen molar-refractivity contribution in [3.63, 3.8) is 0 Å². The number of halogens is 1. The van der Waals surface area contributed by atoms with E-state index in [0.717, 1.165) is 43.8 Å². The molecule has 1 aromatic carbocycles. The fourth-order valence-electron chi connectivity index (χ4n) is 2.86. The molecular formula is C16H19ClN2O2. The number of morpholine rings is 1. The lowest BCUT2D eigenvalue weighted by atomic mass is 10.2. The highest BCUT2D eigenvalue weighted by molar-refractivity contribution is 6.39. The van der Waals surface area contributed by atoms with Crippen molar-refractivity contribution >= 4 is 28.3 Å². The molecule has 0 unspecified atom stereocenters. The van der Waals surface area contributed by atoms with Gasteiger partial charge in [0.05, 0.1) is 18.2 Å². The van der Waals surface area contributed by atoms with Crippen LogP contribution in [-0.2, 0) is 11.8 Å². The Bertz CT molecular complexity index is 621. The summed E-state index contributed by atoms with van der Waals surface area (Å²) in [5, 5.41) is 1.51. The van der Waals surface area contributed by atoms with E-state index in [2.05, 4.69) is 4.90 Å². The second-order valence-corrected chi connectivity index (χ2v) is 5.74. The first-order valence-electron chi connectivity index (χ1n) is 7.24. The number of aryl methyl sites for hydroxylation is 1. The Labute approximate surface area is 129 Å². The van der Waals surface area contributed by atoms with Crippen molar-refractivity contribution < 1.29 is 9.53 Å². The van der Waals surface area contributed by atoms with Gasteiger partial charge in [-0.05, 0) is 6.07 Å². The molecule has 2 aromatic rings. The summed E-state index contributed by atoms with van der Waals surface area (Å²) in [5.41, 5.74) is 1.61. The summed E-state index contributed by atoms with van der Waals surface area (Å²) in [6.45, 7) is 4.07. The maximum atomic E-state index is 12.5. The fourth-order valence-corrected chi connectivity index (χ4v) is 3.25. The highest BCUT2D eigenvalue weighted by Gasteiger charge is 2.20. The van der Waals surface area contributed by atoms with Crippen molar-refractivity contribution in [3.05, 3.63) is 35.0 Å². The van der Waals surface area contributed by atoms with Gasteiger partial charge in [-0.2, -0.15) is 0 Å². The zero-order chi connectivity index (χ0) is 14.8. The number of carbonyl (C=O) groups excluding carboxylic acids is 1. The Morgan fingerprint density at radius 3 is 2.71 bits per heavy atom. The Morgan fingerprint density at radius 2 is 2.00 bits per heavy atom. The summed E-state index contributed by atoms with van der Waals surface area (Å²) in [7, 11) is 1.90. The lowest BCUT2D eigenvalue weighted by Crippen LogP contribution is -2.37. The summed E-state index contributed by atoms with van der Waals surface area (Å²) in [6, 6.07) is 7.84. The molecule has 1 aliphatic heterocycles. The summed E-state index contributed by atoms with van der Waals surface area (Å²) in [4.78, 5) is 14.8. The number of aromatic nitrogens is 1. The molecule has 1 aliphatic rings. The average molecular weight is 307 g/mol. The predicted molar refractivity (Wildman–Crippen MR) is 84.1 cm³/mol. The molecular weight excluding hydrogens is 288 g/mol. The van der Waals surface area contributed by atoms with Crippen molar-refractivity contribution in [2.24, 2.45) is 7.05 Å². The van der Waals surface area contributed by atoms with Crippen molar-refractivity contribution in [1.29, 1.82) is 0 Å². The van der Waals surface area contributed by atoms with E-state index in [0.29, 0.717) is 17.1 Å². The highest BCUT2D eigenvalue weighted by atomic mass is 35.5. The molecule has 0 amide bonds. The van der Waals surface area contributed by atoms with Crippen LogP contribution >= 0.6 is 11.6 Å². The number of hydrogen-bond acceptors (Lipinski definition) is 3. The van der Waals surface area contributed by atoms with Gasteiger partial charge in [0.15, 0.2) is 5.78 Å². The molecule has 0 aliphatic carbocycles. The third-order valence-corrected chi connectivity index (χ3v) is 4.45. The third-order valence-electron chi connectivity index (χ3n) is 4.07. The van der Waals surface area contributed by atoms with Crippen LogP contribution in [0.15, 0.2) is 24.3 Å². The van der Waals surface area contributed by atoms with Gasteiger partial charge < -0.3 is 9.30 Å². The van der Waals surface area contributed by atoms with Crippen LogP contribution < -0.4 is 0 Å². The second kappa shape index (κ2) is 6.18. The van der Waals surface area contributed by atoms with E-state index in [-0.39, 0.29) is 5.78 Å². The number of fused-ring (bicyclic) bond motifs is 1. The number of hydrogen-bond donors (Lipinski definition) is 0. The quantitative estimate of drug-likeness (QED) is 0.815. The van der Waals surface area contributed by atoms with Crippen molar-refractivity contribution in [3.8, 4) is 0 Å². The SMILES string of the molecule is Cn1c(C(=O)CCN2CCOCC2)c(Cl)c2ccccc21. The van der Waals surface area contributed by atoms with Gasteiger partial charge in [0.25, 0.3) is 0 Å². The zero-order valence-electron chi connectivity index (χ0n) is 12.1. The monoisotopic (exact) mass is 306 g/mol. The van der Waals surface area contributed by atoms with Crippen LogP contribution in [0.2, 0.25) is 5.02 Å². The summed E-state index contributed by atoms with van der Waals surface area (Å²) in [5.74, 6) is 0.102. The van der Waals surface area contributed by atoms with Gasteiger partial charge in [0.1, 0.15) is 5.69 Å². The Morgan fingerprint density at radius 1 is 1.29 bits per heavy atom. The number of rotatable bonds is 4. The number of benzene rings is 1. The van der Waals surface area contributed by atoms with E-state index in [1.165, 1.54) is 0 Å². The Balaban J connectivity index is 1.78. The summed E-state index contributed by atoms with van der Waals surface area (Å²) >= 11 is 6.40. The molecule has 0 radical (unpaired) electrons. The van der Waals surface area contributed by atoms with Crippen LogP contribution in [0.3, 0.4) is 0 Å². The molecule has 21 heavy (non-hydrogen) atoms. The van der Waals surface area contributed by atoms with Crippen LogP contribution in [0.4, 0.5) is 0 Å². The van der Waals surface area contributed by atoms with E-state index < -0.39 is 0 Å². The highest BCUT2D eigenvalue weighted by Crippen LogP contribution is 2.30. The lowest BCUT2D eigenvalue weighted by Gasteiger charge is -2.26. The normalized spacial score (nSPS) is 16.5. The first-order valence-corrected chi connectivity index (χ1v) is 7.62. The molecule has 112 valence electrons. The molecule has 3 rings (SSSR count). The van der Waals surface area contributed by atoms with E-state index in [4.69, 9.17) is 16.3 Å². The number of para-hydroxylation sites is 1. The summed E-state index contributed by atoms with van der Waals surface area (Å²) in [6.07, 6.45) is 0.490. The molecule has 2 heterocycles. The van der Waals surface area contributed by atoms with E-state index in [1.807, 2.05) is 35.9 Å².